The second-order valence-electron chi connectivity index (χ2n) is 17.5. The average molecular weight is 793 g/mol. The molecule has 2 aromatic carbocycles. The number of aromatic nitrogens is 1. The van der Waals surface area contributed by atoms with Gasteiger partial charge in [-0.25, -0.2) is 0 Å². The summed E-state index contributed by atoms with van der Waals surface area (Å²) in [7, 11) is 0. The number of primary amides is 1. The van der Waals surface area contributed by atoms with Gasteiger partial charge < -0.3 is 20.3 Å². The molecule has 57 heavy (non-hydrogen) atoms. The first-order chi connectivity index (χ1) is 27.2. The zero-order chi connectivity index (χ0) is 40.6. The standard InChI is InChI=1S/C45H53ClN6O5/c1-44(2)42(45(3,4)43(44)57-34-14-11-30(25-47)36(46)24-34)52-38(53)17-16-37(41(52)56)51-27-32-23-29(12-15-35(32)40(51)55)28-18-21-50(22-19-28)20-8-6-5-7-9-33-13-10-31(26-49-33)39(48)54/h10-15,23-24,26,28,37,42-43H,5-9,16-22,27H2,1-4H3,(H2,48,54). The molecular formula is C45H53ClN6O5. The van der Waals surface area contributed by atoms with Crippen molar-refractivity contribution in [3.63, 3.8) is 0 Å². The van der Waals surface area contributed by atoms with E-state index in [1.165, 1.54) is 16.9 Å². The number of aryl methyl sites for hydroxylation is 1. The Hall–Kier alpha value is -4.79. The molecule has 0 radical (unpaired) electrons. The number of hydrogen-bond acceptors (Lipinski definition) is 8. The summed E-state index contributed by atoms with van der Waals surface area (Å²) < 4.78 is 6.43. The van der Waals surface area contributed by atoms with Crippen molar-refractivity contribution in [2.45, 2.75) is 116 Å². The number of carbonyl (C=O) groups excluding carboxylic acids is 4. The minimum Gasteiger partial charge on any atom is -0.489 e. The Morgan fingerprint density at radius 1 is 0.965 bits per heavy atom. The Morgan fingerprint density at radius 3 is 2.37 bits per heavy atom. The van der Waals surface area contributed by atoms with Gasteiger partial charge in [-0.2, -0.15) is 5.26 Å². The van der Waals surface area contributed by atoms with E-state index < -0.39 is 28.8 Å². The number of hydrogen-bond donors (Lipinski definition) is 1. The molecule has 1 atom stereocenters. The molecule has 2 N–H and O–H groups in total. The number of amides is 4. The molecule has 4 aliphatic rings. The van der Waals surface area contributed by atoms with Crippen LogP contribution in [-0.2, 0) is 22.6 Å². The van der Waals surface area contributed by atoms with E-state index >= 15 is 0 Å². The van der Waals surface area contributed by atoms with Crippen molar-refractivity contribution >= 4 is 35.2 Å². The van der Waals surface area contributed by atoms with Crippen molar-refractivity contribution in [1.29, 1.82) is 5.26 Å². The summed E-state index contributed by atoms with van der Waals surface area (Å²) in [6.07, 6.45) is 9.28. The zero-order valence-electron chi connectivity index (χ0n) is 33.4. The number of carbonyl (C=O) groups is 4. The fourth-order valence-corrected chi connectivity index (χ4v) is 10.5. The van der Waals surface area contributed by atoms with E-state index in [1.807, 2.05) is 39.8 Å². The van der Waals surface area contributed by atoms with Crippen LogP contribution >= 0.6 is 11.6 Å². The predicted molar refractivity (Wildman–Crippen MR) is 216 cm³/mol. The summed E-state index contributed by atoms with van der Waals surface area (Å²) in [6, 6.07) is 15.7. The van der Waals surface area contributed by atoms with Crippen LogP contribution in [0.1, 0.15) is 128 Å². The average Bonchev–Trinajstić information content (AvgIpc) is 3.51. The highest BCUT2D eigenvalue weighted by atomic mass is 35.5. The smallest absolute Gasteiger partial charge is 0.255 e. The number of nitrogens with two attached hydrogens (primary N) is 1. The molecule has 3 aliphatic heterocycles. The summed E-state index contributed by atoms with van der Waals surface area (Å²) in [6.45, 7) is 11.6. The molecule has 0 spiro atoms. The summed E-state index contributed by atoms with van der Waals surface area (Å²) >= 11 is 6.29. The number of ether oxygens (including phenoxy) is 1. The maximum absolute atomic E-state index is 14.4. The van der Waals surface area contributed by atoms with Crippen molar-refractivity contribution in [1.82, 2.24) is 19.7 Å². The van der Waals surface area contributed by atoms with Crippen LogP contribution in [0.25, 0.3) is 0 Å². The maximum atomic E-state index is 14.4. The van der Waals surface area contributed by atoms with Crippen molar-refractivity contribution < 1.29 is 23.9 Å². The number of unbranched alkanes of at least 4 members (excludes halogenated alkanes) is 3. The van der Waals surface area contributed by atoms with Gasteiger partial charge in [0.15, 0.2) is 0 Å². The minimum atomic E-state index is -0.718. The first kappa shape index (κ1) is 40.4. The summed E-state index contributed by atoms with van der Waals surface area (Å²) in [5.74, 6) is -0.200. The first-order valence-corrected chi connectivity index (χ1v) is 20.7. The molecule has 2 saturated heterocycles. The van der Waals surface area contributed by atoms with E-state index in [-0.39, 0.29) is 30.2 Å². The molecule has 1 aliphatic carbocycles. The molecule has 1 unspecified atom stereocenters. The molecule has 3 fully saturated rings. The molecule has 300 valence electrons. The molecule has 11 nitrogen and oxygen atoms in total. The van der Waals surface area contributed by atoms with Gasteiger partial charge in [-0.1, -0.05) is 64.3 Å². The summed E-state index contributed by atoms with van der Waals surface area (Å²) in [5.41, 5.74) is 8.74. The Labute approximate surface area is 340 Å². The van der Waals surface area contributed by atoms with Gasteiger partial charge in [-0.15, -0.1) is 0 Å². The quantitative estimate of drug-likeness (QED) is 0.143. The lowest BCUT2D eigenvalue weighted by molar-refractivity contribution is -0.216. The SMILES string of the molecule is CC1(C)C(Oc2ccc(C#N)c(Cl)c2)C(C)(C)C1N1C(=O)CCC(N2Cc3cc(C4CCN(CCCCCCc5ccc(C(N)=O)cn5)CC4)ccc3C2=O)C1=O. The lowest BCUT2D eigenvalue weighted by atomic mass is 9.48. The second kappa shape index (κ2) is 16.2. The third-order valence-corrected chi connectivity index (χ3v) is 13.2. The molecule has 0 bridgehead atoms. The Morgan fingerprint density at radius 2 is 1.70 bits per heavy atom. The van der Waals surface area contributed by atoms with Gasteiger partial charge >= 0.3 is 0 Å². The normalized spacial score (nSPS) is 23.2. The molecule has 7 rings (SSSR count). The lowest BCUT2D eigenvalue weighted by Crippen LogP contribution is -2.77. The molecule has 1 aromatic heterocycles. The van der Waals surface area contributed by atoms with Crippen molar-refractivity contribution in [2.75, 3.05) is 19.6 Å². The number of pyridine rings is 1. The largest absolute Gasteiger partial charge is 0.489 e. The maximum Gasteiger partial charge on any atom is 0.255 e. The third-order valence-electron chi connectivity index (χ3n) is 12.9. The van der Waals surface area contributed by atoms with Crippen molar-refractivity contribution in [2.24, 2.45) is 16.6 Å². The summed E-state index contributed by atoms with van der Waals surface area (Å²) in [4.78, 5) is 63.1. The number of likely N-dealkylation sites (tertiary alicyclic amines) is 2. The highest BCUT2D eigenvalue weighted by molar-refractivity contribution is 6.31. The van der Waals surface area contributed by atoms with Crippen LogP contribution in [0.5, 0.6) is 5.75 Å². The van der Waals surface area contributed by atoms with E-state index in [0.717, 1.165) is 69.4 Å². The molecule has 1 saturated carbocycles. The summed E-state index contributed by atoms with van der Waals surface area (Å²) in [5, 5.41) is 9.58. The van der Waals surface area contributed by atoms with Crippen LogP contribution in [0, 0.1) is 22.2 Å². The molecular weight excluding hydrogens is 740 g/mol. The highest BCUT2D eigenvalue weighted by Crippen LogP contribution is 2.58. The Balaban J connectivity index is 0.912. The van der Waals surface area contributed by atoms with Gasteiger partial charge in [0, 0.05) is 47.3 Å². The number of rotatable bonds is 13. The third kappa shape index (κ3) is 7.91. The van der Waals surface area contributed by atoms with Gasteiger partial charge in [-0.05, 0) is 106 Å². The minimum absolute atomic E-state index is 0.151. The number of imide groups is 1. The van der Waals surface area contributed by atoms with Crippen LogP contribution in [0.2, 0.25) is 5.02 Å². The van der Waals surface area contributed by atoms with Gasteiger partial charge in [0.05, 0.1) is 22.2 Å². The van der Waals surface area contributed by atoms with Crippen LogP contribution < -0.4 is 10.5 Å². The van der Waals surface area contributed by atoms with Gasteiger partial charge in [0.1, 0.15) is 24.0 Å². The van der Waals surface area contributed by atoms with Crippen LogP contribution in [-0.4, -0.2) is 81.1 Å². The van der Waals surface area contributed by atoms with Gasteiger partial charge in [0.25, 0.3) is 11.8 Å². The highest BCUT2D eigenvalue weighted by Gasteiger charge is 2.68. The molecule has 3 aromatic rings. The fourth-order valence-electron chi connectivity index (χ4n) is 10.3. The lowest BCUT2D eigenvalue weighted by Gasteiger charge is -2.66. The van der Waals surface area contributed by atoms with Gasteiger partial charge in [-0.3, -0.25) is 29.1 Å². The van der Waals surface area contributed by atoms with E-state index in [1.54, 1.807) is 35.4 Å². The number of halogens is 1. The van der Waals surface area contributed by atoms with E-state index in [9.17, 15) is 24.4 Å². The van der Waals surface area contributed by atoms with E-state index in [2.05, 4.69) is 28.1 Å². The first-order valence-electron chi connectivity index (χ1n) is 20.3. The monoisotopic (exact) mass is 792 g/mol. The number of fused-ring (bicyclic) bond motifs is 1. The van der Waals surface area contributed by atoms with Crippen LogP contribution in [0.15, 0.2) is 54.7 Å². The zero-order valence-corrected chi connectivity index (χ0v) is 34.2. The van der Waals surface area contributed by atoms with Crippen LogP contribution in [0.4, 0.5) is 0 Å². The van der Waals surface area contributed by atoms with E-state index in [4.69, 9.17) is 22.1 Å². The number of piperidine rings is 2. The second-order valence-corrected chi connectivity index (χ2v) is 17.9. The van der Waals surface area contributed by atoms with Gasteiger partial charge in [0.2, 0.25) is 11.8 Å². The molecule has 4 heterocycles. The topological polar surface area (TPSA) is 150 Å². The molecule has 4 amide bonds. The van der Waals surface area contributed by atoms with Crippen molar-refractivity contribution in [3.05, 3.63) is 93.3 Å². The van der Waals surface area contributed by atoms with Crippen molar-refractivity contribution in [3.8, 4) is 11.8 Å². The Kier molecular flexibility index (Phi) is 11.5. The van der Waals surface area contributed by atoms with E-state index in [0.29, 0.717) is 46.3 Å². The number of nitriles is 1. The molecule has 12 heteroatoms. The van der Waals surface area contributed by atoms with Crippen LogP contribution in [0.3, 0.4) is 0 Å². The Bertz CT molecular complexity index is 2070. The number of benzene rings is 2. The fraction of sp³-hybridized carbons (Fsp3) is 0.511. The predicted octanol–water partition coefficient (Wildman–Crippen LogP) is 7.04. The number of nitrogens with zero attached hydrogens (tertiary/aromatic N) is 5.